The van der Waals surface area contributed by atoms with E-state index in [-0.39, 0.29) is 18.4 Å². The summed E-state index contributed by atoms with van der Waals surface area (Å²) >= 11 is 0. The zero-order valence-corrected chi connectivity index (χ0v) is 17.8. The van der Waals surface area contributed by atoms with Gasteiger partial charge in [-0.2, -0.15) is 26.3 Å². The van der Waals surface area contributed by atoms with Gasteiger partial charge in [0.2, 0.25) is 5.91 Å². The molecule has 0 fully saturated rings. The second-order valence-corrected chi connectivity index (χ2v) is 7.63. The molecule has 3 rings (SSSR count). The van der Waals surface area contributed by atoms with E-state index in [9.17, 15) is 35.9 Å². The summed E-state index contributed by atoms with van der Waals surface area (Å²) in [4.78, 5) is 25.1. The maximum atomic E-state index is 13.3. The Hall–Kier alpha value is -3.28. The molecule has 1 amide bonds. The summed E-state index contributed by atoms with van der Waals surface area (Å²) in [5.41, 5.74) is -2.11. The van der Waals surface area contributed by atoms with Crippen molar-refractivity contribution in [2.75, 3.05) is 18.5 Å². The second-order valence-electron chi connectivity index (χ2n) is 7.63. The molecule has 1 atom stereocenters. The Morgan fingerprint density at radius 1 is 1.09 bits per heavy atom. The highest BCUT2D eigenvalue weighted by atomic mass is 19.4. The van der Waals surface area contributed by atoms with Crippen LogP contribution < -0.4 is 15.0 Å². The number of ether oxygens (including phenoxy) is 1. The number of nitrogens with one attached hydrogen (secondary N) is 1. The molecule has 2 aromatic rings. The van der Waals surface area contributed by atoms with Crippen LogP contribution in [0.2, 0.25) is 0 Å². The van der Waals surface area contributed by atoms with Crippen LogP contribution >= 0.6 is 0 Å². The summed E-state index contributed by atoms with van der Waals surface area (Å²) in [6.45, 7) is -0.332. The number of nitrogens with zero attached hydrogens (tertiary/aromatic N) is 1. The van der Waals surface area contributed by atoms with Crippen molar-refractivity contribution >= 4 is 17.6 Å². The summed E-state index contributed by atoms with van der Waals surface area (Å²) in [6.07, 6.45) is -9.91. The fourth-order valence-corrected chi connectivity index (χ4v) is 3.68. The third-order valence-electron chi connectivity index (χ3n) is 5.37. The summed E-state index contributed by atoms with van der Waals surface area (Å²) in [6, 6.07) is 4.91. The third-order valence-corrected chi connectivity index (χ3v) is 5.37. The van der Waals surface area contributed by atoms with E-state index in [2.05, 4.69) is 5.32 Å². The van der Waals surface area contributed by atoms with Crippen LogP contribution in [0.25, 0.3) is 0 Å². The number of aliphatic carboxylic acids is 1. The number of fused-ring (bicyclic) bond motifs is 1. The molecular weight excluding hydrogens is 470 g/mol. The average Bonchev–Trinajstić information content (AvgIpc) is 3.17. The predicted octanol–water partition coefficient (Wildman–Crippen LogP) is 4.26. The van der Waals surface area contributed by atoms with E-state index in [1.807, 2.05) is 0 Å². The van der Waals surface area contributed by atoms with Crippen LogP contribution in [0.5, 0.6) is 5.75 Å². The summed E-state index contributed by atoms with van der Waals surface area (Å²) < 4.78 is 83.8. The Kier molecular flexibility index (Phi) is 7.10. The molecule has 2 N–H and O–H groups in total. The highest BCUT2D eigenvalue weighted by Gasteiger charge is 2.38. The number of carboxylic acid groups (broad SMARTS) is 1. The van der Waals surface area contributed by atoms with Crippen LogP contribution in [0.1, 0.15) is 28.7 Å². The Bertz CT molecular complexity index is 1080. The Labute approximate surface area is 190 Å². The molecule has 0 bridgehead atoms. The largest absolute Gasteiger partial charge is 0.489 e. The van der Waals surface area contributed by atoms with E-state index in [1.54, 1.807) is 0 Å². The standard InChI is InChI=1S/C22H20F6N2O4/c1-29-17(10-19(31)32)20(33)30-7-6-12-8-15(4-5-18(12)30)34-11-13-2-3-14(21(23,24)25)9-16(13)22(26,27)28/h2-5,8-9,17,29H,6-7,10-11H2,1H3,(H,31,32)/t17-/m1/s1. The van der Waals surface area contributed by atoms with E-state index < -0.39 is 60.0 Å². The summed E-state index contributed by atoms with van der Waals surface area (Å²) in [5, 5.41) is 11.6. The first kappa shape index (κ1) is 25.3. The predicted molar refractivity (Wildman–Crippen MR) is 108 cm³/mol. The van der Waals surface area contributed by atoms with Gasteiger partial charge in [-0.15, -0.1) is 0 Å². The van der Waals surface area contributed by atoms with E-state index in [0.717, 1.165) is 6.07 Å². The van der Waals surface area contributed by atoms with Crippen LogP contribution in [0.4, 0.5) is 32.0 Å². The molecule has 0 radical (unpaired) electrons. The third kappa shape index (κ3) is 5.61. The van der Waals surface area contributed by atoms with Gasteiger partial charge in [0, 0.05) is 17.8 Å². The maximum Gasteiger partial charge on any atom is 0.416 e. The topological polar surface area (TPSA) is 78.9 Å². The molecular formula is C22H20F6N2O4. The monoisotopic (exact) mass is 490 g/mol. The molecule has 34 heavy (non-hydrogen) atoms. The molecule has 0 aromatic heterocycles. The normalized spacial score (nSPS) is 14.6. The van der Waals surface area contributed by atoms with Crippen molar-refractivity contribution in [3.05, 3.63) is 58.7 Å². The Balaban J connectivity index is 1.77. The van der Waals surface area contributed by atoms with Gasteiger partial charge in [0.05, 0.1) is 23.6 Å². The number of halogens is 6. The van der Waals surface area contributed by atoms with Gasteiger partial charge in [-0.1, -0.05) is 6.07 Å². The average molecular weight is 490 g/mol. The van der Waals surface area contributed by atoms with Crippen LogP contribution in [-0.2, 0) is 35.0 Å². The van der Waals surface area contributed by atoms with E-state index >= 15 is 0 Å². The van der Waals surface area contributed by atoms with Gasteiger partial charge < -0.3 is 20.1 Å². The van der Waals surface area contributed by atoms with Gasteiger partial charge in [-0.3, -0.25) is 9.59 Å². The van der Waals surface area contributed by atoms with Gasteiger partial charge >= 0.3 is 18.3 Å². The number of carbonyl (C=O) groups excluding carboxylic acids is 1. The number of benzene rings is 2. The van der Waals surface area contributed by atoms with Gasteiger partial charge in [0.1, 0.15) is 12.4 Å². The SMILES string of the molecule is CN[C@H](CC(=O)O)C(=O)N1CCc2cc(OCc3ccc(C(F)(F)F)cc3C(F)(F)F)ccc21. The number of carbonyl (C=O) groups is 2. The molecule has 1 heterocycles. The number of anilines is 1. The zero-order valence-electron chi connectivity index (χ0n) is 17.8. The van der Waals surface area contributed by atoms with Gasteiger partial charge in [-0.05, 0) is 49.4 Å². The minimum atomic E-state index is -5.00. The van der Waals surface area contributed by atoms with Crippen LogP contribution in [0.15, 0.2) is 36.4 Å². The van der Waals surface area contributed by atoms with Crippen molar-refractivity contribution in [3.63, 3.8) is 0 Å². The number of carboxylic acids is 1. The molecule has 6 nitrogen and oxygen atoms in total. The fourth-order valence-electron chi connectivity index (χ4n) is 3.68. The van der Waals surface area contributed by atoms with Crippen molar-refractivity contribution in [3.8, 4) is 5.75 Å². The number of hydrogen-bond donors (Lipinski definition) is 2. The van der Waals surface area contributed by atoms with Crippen molar-refractivity contribution < 1.29 is 45.8 Å². The number of alkyl halides is 6. The lowest BCUT2D eigenvalue weighted by atomic mass is 10.0. The quantitative estimate of drug-likeness (QED) is 0.568. The van der Waals surface area contributed by atoms with Gasteiger partial charge in [0.15, 0.2) is 0 Å². The van der Waals surface area contributed by atoms with Crippen molar-refractivity contribution in [1.82, 2.24) is 5.32 Å². The Morgan fingerprint density at radius 2 is 1.79 bits per heavy atom. The highest BCUT2D eigenvalue weighted by Crippen LogP contribution is 2.38. The molecule has 1 aliphatic rings. The molecule has 2 aromatic carbocycles. The number of hydrogen-bond acceptors (Lipinski definition) is 4. The van der Waals surface area contributed by atoms with E-state index in [4.69, 9.17) is 9.84 Å². The van der Waals surface area contributed by atoms with Crippen molar-refractivity contribution in [1.29, 1.82) is 0 Å². The van der Waals surface area contributed by atoms with Crippen LogP contribution in [0, 0.1) is 0 Å². The zero-order chi connectivity index (χ0) is 25.3. The lowest BCUT2D eigenvalue weighted by Crippen LogP contribution is -2.45. The highest BCUT2D eigenvalue weighted by molar-refractivity contribution is 6.00. The van der Waals surface area contributed by atoms with E-state index in [0.29, 0.717) is 23.7 Å². The maximum absolute atomic E-state index is 13.3. The lowest BCUT2D eigenvalue weighted by molar-refractivity contribution is -0.143. The smallest absolute Gasteiger partial charge is 0.416 e. The molecule has 0 unspecified atom stereocenters. The van der Waals surface area contributed by atoms with Gasteiger partial charge in [-0.25, -0.2) is 0 Å². The molecule has 0 spiro atoms. The number of rotatable bonds is 7. The Morgan fingerprint density at radius 3 is 2.38 bits per heavy atom. The minimum Gasteiger partial charge on any atom is -0.489 e. The fraction of sp³-hybridized carbons (Fsp3) is 0.364. The number of likely N-dealkylation sites (N-methyl/N-ethyl adjacent to an activating group) is 1. The summed E-state index contributed by atoms with van der Waals surface area (Å²) in [5.74, 6) is -1.40. The van der Waals surface area contributed by atoms with Crippen LogP contribution in [0.3, 0.4) is 0 Å². The number of amides is 1. The second kappa shape index (κ2) is 9.53. The summed E-state index contributed by atoms with van der Waals surface area (Å²) in [7, 11) is 1.47. The molecule has 184 valence electrons. The van der Waals surface area contributed by atoms with Crippen LogP contribution in [-0.4, -0.2) is 36.6 Å². The van der Waals surface area contributed by atoms with Crippen molar-refractivity contribution in [2.24, 2.45) is 0 Å². The molecule has 0 aliphatic carbocycles. The van der Waals surface area contributed by atoms with E-state index in [1.165, 1.54) is 30.1 Å². The molecule has 1 aliphatic heterocycles. The molecule has 12 heteroatoms. The van der Waals surface area contributed by atoms with Gasteiger partial charge in [0.25, 0.3) is 0 Å². The first-order chi connectivity index (χ1) is 15.8. The first-order valence-electron chi connectivity index (χ1n) is 10.0. The molecule has 0 saturated heterocycles. The molecule has 0 saturated carbocycles. The first-order valence-corrected chi connectivity index (χ1v) is 10.0. The van der Waals surface area contributed by atoms with Crippen molar-refractivity contribution in [2.45, 2.75) is 37.8 Å². The minimum absolute atomic E-state index is 0.0557. The lowest BCUT2D eigenvalue weighted by Gasteiger charge is -2.23.